The summed E-state index contributed by atoms with van der Waals surface area (Å²) in [5.41, 5.74) is -0.305. The van der Waals surface area contributed by atoms with Crippen LogP contribution >= 0.6 is 22.6 Å². The third-order valence-electron chi connectivity index (χ3n) is 1.72. The van der Waals surface area contributed by atoms with Gasteiger partial charge in [0.1, 0.15) is 0 Å². The first kappa shape index (κ1) is 13.0. The number of alkyl halides is 3. The van der Waals surface area contributed by atoms with Crippen molar-refractivity contribution < 1.29 is 23.1 Å². The van der Waals surface area contributed by atoms with Gasteiger partial charge in [0.05, 0.1) is 5.56 Å². The molecular weight excluding hydrogens is 336 g/mol. The predicted molar refractivity (Wildman–Crippen MR) is 60.8 cm³/mol. The lowest BCUT2D eigenvalue weighted by Crippen LogP contribution is -2.07. The molecule has 0 saturated carbocycles. The van der Waals surface area contributed by atoms with E-state index in [1.165, 1.54) is 18.2 Å². The molecule has 0 aliphatic rings. The second-order valence-electron chi connectivity index (χ2n) is 2.91. The third kappa shape index (κ3) is 3.51. The van der Waals surface area contributed by atoms with Crippen LogP contribution in [0.3, 0.4) is 0 Å². The zero-order chi connectivity index (χ0) is 12.3. The molecule has 0 heterocycles. The van der Waals surface area contributed by atoms with E-state index < -0.39 is 17.7 Å². The molecule has 0 saturated heterocycles. The highest BCUT2D eigenvalue weighted by molar-refractivity contribution is 14.1. The van der Waals surface area contributed by atoms with Gasteiger partial charge in [-0.3, -0.25) is 0 Å². The number of carbonyl (C=O) groups is 1. The SMILES string of the molecule is O=C(O)/C=C/c1ccc(C(F)(F)F)c(I)c1. The van der Waals surface area contributed by atoms with Crippen molar-refractivity contribution in [1.82, 2.24) is 0 Å². The lowest BCUT2D eigenvalue weighted by Gasteiger charge is -2.09. The lowest BCUT2D eigenvalue weighted by molar-refractivity contribution is -0.138. The molecule has 16 heavy (non-hydrogen) atoms. The van der Waals surface area contributed by atoms with Gasteiger partial charge in [-0.05, 0) is 46.4 Å². The molecule has 1 aromatic carbocycles. The van der Waals surface area contributed by atoms with Gasteiger partial charge in [-0.2, -0.15) is 13.2 Å². The summed E-state index contributed by atoms with van der Waals surface area (Å²) in [5.74, 6) is -1.14. The van der Waals surface area contributed by atoms with Gasteiger partial charge in [-0.15, -0.1) is 0 Å². The van der Waals surface area contributed by atoms with Gasteiger partial charge in [0.15, 0.2) is 0 Å². The first-order chi connectivity index (χ1) is 7.30. The predicted octanol–water partition coefficient (Wildman–Crippen LogP) is 3.41. The quantitative estimate of drug-likeness (QED) is 0.661. The van der Waals surface area contributed by atoms with Crippen molar-refractivity contribution in [2.75, 3.05) is 0 Å². The zero-order valence-electron chi connectivity index (χ0n) is 7.75. The average molecular weight is 342 g/mol. The van der Waals surface area contributed by atoms with E-state index in [1.54, 1.807) is 22.6 Å². The van der Waals surface area contributed by atoms with Crippen LogP contribution < -0.4 is 0 Å². The van der Waals surface area contributed by atoms with E-state index in [0.717, 1.165) is 12.1 Å². The number of benzene rings is 1. The molecule has 1 N–H and O–H groups in total. The smallest absolute Gasteiger partial charge is 0.417 e. The monoisotopic (exact) mass is 342 g/mol. The Balaban J connectivity index is 3.05. The second-order valence-corrected chi connectivity index (χ2v) is 4.07. The van der Waals surface area contributed by atoms with Crippen LogP contribution in [0.5, 0.6) is 0 Å². The Hall–Kier alpha value is -1.05. The molecule has 0 spiro atoms. The van der Waals surface area contributed by atoms with E-state index in [1.807, 2.05) is 0 Å². The highest BCUT2D eigenvalue weighted by atomic mass is 127. The molecule has 0 bridgehead atoms. The fourth-order valence-electron chi connectivity index (χ4n) is 1.03. The number of carboxylic acids is 1. The van der Waals surface area contributed by atoms with Gasteiger partial charge in [-0.1, -0.05) is 6.07 Å². The Morgan fingerprint density at radius 3 is 2.44 bits per heavy atom. The van der Waals surface area contributed by atoms with E-state index in [0.29, 0.717) is 5.56 Å². The van der Waals surface area contributed by atoms with Crippen LogP contribution in [0.25, 0.3) is 6.08 Å². The number of rotatable bonds is 2. The maximum atomic E-state index is 12.4. The van der Waals surface area contributed by atoms with E-state index in [9.17, 15) is 18.0 Å². The Morgan fingerprint density at radius 2 is 2.00 bits per heavy atom. The summed E-state index contributed by atoms with van der Waals surface area (Å²) in [6, 6.07) is 3.44. The van der Waals surface area contributed by atoms with Crippen LogP contribution in [0.15, 0.2) is 24.3 Å². The van der Waals surface area contributed by atoms with Crippen molar-refractivity contribution in [3.8, 4) is 0 Å². The van der Waals surface area contributed by atoms with Crippen LogP contribution in [-0.4, -0.2) is 11.1 Å². The van der Waals surface area contributed by atoms with Crippen molar-refractivity contribution in [2.45, 2.75) is 6.18 Å². The molecular formula is C10H6F3IO2. The fraction of sp³-hybridized carbons (Fsp3) is 0.100. The molecule has 0 unspecified atom stereocenters. The number of halogens is 4. The van der Waals surface area contributed by atoms with Gasteiger partial charge in [0.25, 0.3) is 0 Å². The fourth-order valence-corrected chi connectivity index (χ4v) is 1.88. The molecule has 1 aromatic rings. The van der Waals surface area contributed by atoms with Crippen LogP contribution in [0, 0.1) is 3.57 Å². The Labute approximate surface area is 103 Å². The Morgan fingerprint density at radius 1 is 1.38 bits per heavy atom. The summed E-state index contributed by atoms with van der Waals surface area (Å²) < 4.78 is 37.2. The van der Waals surface area contributed by atoms with Crippen molar-refractivity contribution >= 4 is 34.6 Å². The summed E-state index contributed by atoms with van der Waals surface area (Å²) in [6.07, 6.45) is -2.27. The molecule has 0 amide bonds. The highest BCUT2D eigenvalue weighted by Crippen LogP contribution is 2.33. The first-order valence-corrected chi connectivity index (χ1v) is 5.16. The Bertz CT molecular complexity index is 438. The summed E-state index contributed by atoms with van der Waals surface area (Å²) in [7, 11) is 0. The largest absolute Gasteiger partial charge is 0.478 e. The van der Waals surface area contributed by atoms with Gasteiger partial charge >= 0.3 is 12.1 Å². The van der Waals surface area contributed by atoms with Crippen LogP contribution in [0.4, 0.5) is 13.2 Å². The van der Waals surface area contributed by atoms with E-state index in [-0.39, 0.29) is 3.57 Å². The van der Waals surface area contributed by atoms with Gasteiger partial charge in [0, 0.05) is 9.65 Å². The minimum Gasteiger partial charge on any atom is -0.478 e. The lowest BCUT2D eigenvalue weighted by atomic mass is 10.1. The molecule has 0 aliphatic carbocycles. The molecule has 86 valence electrons. The number of carboxylic acid groups (broad SMARTS) is 1. The first-order valence-electron chi connectivity index (χ1n) is 4.08. The van der Waals surface area contributed by atoms with Crippen molar-refractivity contribution in [2.24, 2.45) is 0 Å². The zero-order valence-corrected chi connectivity index (χ0v) is 9.91. The molecule has 0 aliphatic heterocycles. The minimum absolute atomic E-state index is 0.0395. The molecule has 2 nitrogen and oxygen atoms in total. The van der Waals surface area contributed by atoms with Crippen LogP contribution in [0.1, 0.15) is 11.1 Å². The topological polar surface area (TPSA) is 37.3 Å². The van der Waals surface area contributed by atoms with Crippen LogP contribution in [-0.2, 0) is 11.0 Å². The maximum Gasteiger partial charge on any atom is 0.417 e. The summed E-state index contributed by atoms with van der Waals surface area (Å²) >= 11 is 1.57. The number of hydrogen-bond acceptors (Lipinski definition) is 1. The standard InChI is InChI=1S/C10H6F3IO2/c11-10(12,13)7-3-1-6(5-8(7)14)2-4-9(15)16/h1-5H,(H,15,16)/b4-2+. The molecule has 0 atom stereocenters. The average Bonchev–Trinajstić information content (AvgIpc) is 2.12. The molecule has 6 heteroatoms. The van der Waals surface area contributed by atoms with E-state index >= 15 is 0 Å². The van der Waals surface area contributed by atoms with Crippen molar-refractivity contribution in [1.29, 1.82) is 0 Å². The second kappa shape index (κ2) is 4.86. The van der Waals surface area contributed by atoms with Gasteiger partial charge in [-0.25, -0.2) is 4.79 Å². The van der Waals surface area contributed by atoms with E-state index in [4.69, 9.17) is 5.11 Å². The Kier molecular flexibility index (Phi) is 3.95. The third-order valence-corrected chi connectivity index (χ3v) is 2.61. The summed E-state index contributed by atoms with van der Waals surface area (Å²) in [5, 5.41) is 8.36. The summed E-state index contributed by atoms with van der Waals surface area (Å²) in [4.78, 5) is 10.2. The maximum absolute atomic E-state index is 12.4. The molecule has 0 aromatic heterocycles. The molecule has 0 radical (unpaired) electrons. The number of aliphatic carboxylic acids is 1. The molecule has 0 fully saturated rings. The van der Waals surface area contributed by atoms with Crippen molar-refractivity contribution in [3.63, 3.8) is 0 Å². The van der Waals surface area contributed by atoms with Gasteiger partial charge < -0.3 is 5.11 Å². The van der Waals surface area contributed by atoms with Gasteiger partial charge in [0.2, 0.25) is 0 Å². The van der Waals surface area contributed by atoms with E-state index in [2.05, 4.69) is 0 Å². The van der Waals surface area contributed by atoms with Crippen LogP contribution in [0.2, 0.25) is 0 Å². The minimum atomic E-state index is -4.38. The molecule has 1 rings (SSSR count). The normalized spacial score (nSPS) is 12.0. The summed E-state index contributed by atoms with van der Waals surface area (Å²) in [6.45, 7) is 0. The van der Waals surface area contributed by atoms with Crippen molar-refractivity contribution in [3.05, 3.63) is 39.0 Å². The number of hydrogen-bond donors (Lipinski definition) is 1. The highest BCUT2D eigenvalue weighted by Gasteiger charge is 2.32.